The number of benzene rings is 3. The van der Waals surface area contributed by atoms with E-state index in [0.29, 0.717) is 33.7 Å². The number of nitro benzene ring substituents is 1. The Balaban J connectivity index is 1.58. The molecular weight excluding hydrogens is 621 g/mol. The Morgan fingerprint density at radius 1 is 1.13 bits per heavy atom. The molecule has 0 aromatic heterocycles. The molecule has 1 saturated heterocycles. The molecule has 7 nitrogen and oxygen atoms in total. The molecule has 202 valence electrons. The van der Waals surface area contributed by atoms with Crippen LogP contribution in [-0.4, -0.2) is 21.8 Å². The number of hydrogen-bond acceptors (Lipinski definition) is 7. The van der Waals surface area contributed by atoms with Crippen molar-refractivity contribution in [2.24, 2.45) is 0 Å². The highest BCUT2D eigenvalue weighted by atomic mass is 79.9. The zero-order chi connectivity index (χ0) is 28.3. The maximum absolute atomic E-state index is 13.2. The monoisotopic (exact) mass is 638 g/mol. The van der Waals surface area contributed by atoms with Crippen molar-refractivity contribution < 1.29 is 32.4 Å². The van der Waals surface area contributed by atoms with Crippen molar-refractivity contribution in [3.05, 3.63) is 96.8 Å². The Morgan fingerprint density at radius 2 is 1.85 bits per heavy atom. The second-order valence-electron chi connectivity index (χ2n) is 8.04. The summed E-state index contributed by atoms with van der Waals surface area (Å²) in [5, 5.41) is 10.9. The first kappa shape index (κ1) is 28.6. The van der Waals surface area contributed by atoms with Crippen LogP contribution in [0.4, 0.5) is 24.5 Å². The number of halogens is 4. The Labute approximate surface area is 238 Å². The molecule has 0 N–H and O–H groups in total. The first-order valence-electron chi connectivity index (χ1n) is 11.3. The van der Waals surface area contributed by atoms with Gasteiger partial charge in [0.25, 0.3) is 11.6 Å². The van der Waals surface area contributed by atoms with Crippen LogP contribution in [0.15, 0.2) is 70.0 Å². The number of alkyl halides is 3. The average molecular weight is 639 g/mol. The molecule has 0 aliphatic carbocycles. The third-order valence-electron chi connectivity index (χ3n) is 5.39. The largest absolute Gasteiger partial charge is 0.490 e. The molecule has 0 saturated carbocycles. The third kappa shape index (κ3) is 6.60. The van der Waals surface area contributed by atoms with Crippen LogP contribution in [0.25, 0.3) is 6.08 Å². The Hall–Kier alpha value is -3.42. The normalized spacial score (nSPS) is 14.7. The van der Waals surface area contributed by atoms with E-state index in [1.165, 1.54) is 24.3 Å². The molecule has 4 rings (SSSR count). The number of thiocarbonyl (C=S) groups is 1. The van der Waals surface area contributed by atoms with Crippen LogP contribution in [0.5, 0.6) is 11.5 Å². The summed E-state index contributed by atoms with van der Waals surface area (Å²) in [5.74, 6) is 0.231. The predicted octanol–water partition coefficient (Wildman–Crippen LogP) is 7.76. The molecule has 13 heteroatoms. The molecule has 1 fully saturated rings. The van der Waals surface area contributed by atoms with Gasteiger partial charge in [0.2, 0.25) is 0 Å². The summed E-state index contributed by atoms with van der Waals surface area (Å²) in [6.07, 6.45) is -2.99. The Morgan fingerprint density at radius 3 is 2.49 bits per heavy atom. The fraction of sp³-hybridized carbons (Fsp3) is 0.154. The van der Waals surface area contributed by atoms with Gasteiger partial charge in [0.15, 0.2) is 15.8 Å². The van der Waals surface area contributed by atoms with Crippen molar-refractivity contribution in [2.45, 2.75) is 19.7 Å². The standard InChI is InChI=1S/C26H18BrF3N2O5S2/c1-2-36-21-11-16(10-20(27)23(21)37-14-15-6-8-18(9-7-15)32(34)35)12-22-24(33)31(25(38)39-22)19-5-3-4-17(13-19)26(28,29)30/h3-13H,2,14H2,1H3/b22-12-. The second kappa shape index (κ2) is 11.8. The van der Waals surface area contributed by atoms with E-state index in [9.17, 15) is 28.1 Å². The molecule has 0 bridgehead atoms. The van der Waals surface area contributed by atoms with Crippen molar-refractivity contribution in [1.82, 2.24) is 0 Å². The quantitative estimate of drug-likeness (QED) is 0.108. The number of hydrogen-bond donors (Lipinski definition) is 0. The van der Waals surface area contributed by atoms with Crippen LogP contribution in [0.1, 0.15) is 23.6 Å². The van der Waals surface area contributed by atoms with Crippen LogP contribution in [0.3, 0.4) is 0 Å². The van der Waals surface area contributed by atoms with Gasteiger partial charge in [0.05, 0.1) is 32.2 Å². The molecule has 1 aliphatic heterocycles. The van der Waals surface area contributed by atoms with Gasteiger partial charge < -0.3 is 9.47 Å². The third-order valence-corrected chi connectivity index (χ3v) is 7.28. The van der Waals surface area contributed by atoms with Crippen molar-refractivity contribution in [2.75, 3.05) is 11.5 Å². The summed E-state index contributed by atoms with van der Waals surface area (Å²) < 4.78 is 51.8. The van der Waals surface area contributed by atoms with Gasteiger partial charge in [0.1, 0.15) is 6.61 Å². The van der Waals surface area contributed by atoms with Crippen LogP contribution in [0.2, 0.25) is 0 Å². The minimum absolute atomic E-state index is 0.0295. The molecule has 0 radical (unpaired) electrons. The highest BCUT2D eigenvalue weighted by Gasteiger charge is 2.36. The number of ether oxygens (including phenoxy) is 2. The zero-order valence-electron chi connectivity index (χ0n) is 20.0. The van der Waals surface area contributed by atoms with Gasteiger partial charge >= 0.3 is 6.18 Å². The van der Waals surface area contributed by atoms with E-state index in [-0.39, 0.29) is 27.2 Å². The van der Waals surface area contributed by atoms with Crippen molar-refractivity contribution >= 4 is 67.6 Å². The topological polar surface area (TPSA) is 81.9 Å². The van der Waals surface area contributed by atoms with E-state index in [1.54, 1.807) is 37.3 Å². The van der Waals surface area contributed by atoms with Crippen molar-refractivity contribution in [1.29, 1.82) is 0 Å². The maximum atomic E-state index is 13.2. The number of nitro groups is 1. The van der Waals surface area contributed by atoms with E-state index >= 15 is 0 Å². The second-order valence-corrected chi connectivity index (χ2v) is 10.6. The minimum Gasteiger partial charge on any atom is -0.490 e. The fourth-order valence-corrected chi connectivity index (χ4v) is 5.48. The van der Waals surface area contributed by atoms with Gasteiger partial charge in [-0.1, -0.05) is 30.0 Å². The molecule has 39 heavy (non-hydrogen) atoms. The number of thioether (sulfide) groups is 1. The Kier molecular flexibility index (Phi) is 8.62. The van der Waals surface area contributed by atoms with Gasteiger partial charge in [-0.25, -0.2) is 0 Å². The smallest absolute Gasteiger partial charge is 0.416 e. The zero-order valence-corrected chi connectivity index (χ0v) is 23.2. The molecule has 0 unspecified atom stereocenters. The summed E-state index contributed by atoms with van der Waals surface area (Å²) in [5.41, 5.74) is 0.391. The lowest BCUT2D eigenvalue weighted by Crippen LogP contribution is -2.27. The molecule has 3 aromatic rings. The number of nitrogens with zero attached hydrogens (tertiary/aromatic N) is 2. The van der Waals surface area contributed by atoms with E-state index in [1.807, 2.05) is 0 Å². The predicted molar refractivity (Wildman–Crippen MR) is 150 cm³/mol. The van der Waals surface area contributed by atoms with Crippen LogP contribution >= 0.6 is 39.9 Å². The number of non-ortho nitro benzene ring substituents is 1. The Bertz CT molecular complexity index is 1480. The van der Waals surface area contributed by atoms with Gasteiger partial charge in [-0.15, -0.1) is 0 Å². The summed E-state index contributed by atoms with van der Waals surface area (Å²) in [6.45, 7) is 2.23. The first-order valence-corrected chi connectivity index (χ1v) is 13.3. The highest BCUT2D eigenvalue weighted by molar-refractivity contribution is 9.10. The van der Waals surface area contributed by atoms with Crippen molar-refractivity contribution in [3.63, 3.8) is 0 Å². The lowest BCUT2D eigenvalue weighted by molar-refractivity contribution is -0.384. The molecule has 1 amide bonds. The number of rotatable bonds is 8. The molecule has 0 spiro atoms. The van der Waals surface area contributed by atoms with Crippen LogP contribution < -0.4 is 14.4 Å². The summed E-state index contributed by atoms with van der Waals surface area (Å²) in [6, 6.07) is 13.7. The lowest BCUT2D eigenvalue weighted by Gasteiger charge is -2.16. The van der Waals surface area contributed by atoms with Gasteiger partial charge in [-0.2, -0.15) is 13.2 Å². The van der Waals surface area contributed by atoms with Crippen LogP contribution in [-0.2, 0) is 17.6 Å². The number of carbonyl (C=O) groups is 1. The lowest BCUT2D eigenvalue weighted by atomic mass is 10.1. The van der Waals surface area contributed by atoms with Crippen molar-refractivity contribution in [3.8, 4) is 11.5 Å². The number of amides is 1. The van der Waals surface area contributed by atoms with Gasteiger partial charge in [-0.3, -0.25) is 19.8 Å². The highest BCUT2D eigenvalue weighted by Crippen LogP contribution is 2.41. The summed E-state index contributed by atoms with van der Waals surface area (Å²) in [4.78, 5) is 24.8. The average Bonchev–Trinajstić information content (AvgIpc) is 3.15. The number of carbonyl (C=O) groups excluding carboxylic acids is 1. The minimum atomic E-state index is -4.56. The molecular formula is C26H18BrF3N2O5S2. The van der Waals surface area contributed by atoms with E-state index in [4.69, 9.17) is 21.7 Å². The number of anilines is 1. The first-order chi connectivity index (χ1) is 18.5. The molecule has 3 aromatic carbocycles. The van der Waals surface area contributed by atoms with E-state index < -0.39 is 22.6 Å². The summed E-state index contributed by atoms with van der Waals surface area (Å²) >= 11 is 9.74. The van der Waals surface area contributed by atoms with Gasteiger partial charge in [0, 0.05) is 12.1 Å². The fourth-order valence-electron chi connectivity index (χ4n) is 3.61. The maximum Gasteiger partial charge on any atom is 0.416 e. The van der Waals surface area contributed by atoms with Gasteiger partial charge in [-0.05, 0) is 82.5 Å². The molecule has 1 heterocycles. The molecule has 1 aliphatic rings. The van der Waals surface area contributed by atoms with E-state index in [2.05, 4.69) is 15.9 Å². The van der Waals surface area contributed by atoms with Crippen LogP contribution in [0, 0.1) is 10.1 Å². The summed E-state index contributed by atoms with van der Waals surface area (Å²) in [7, 11) is 0. The molecule has 0 atom stereocenters. The van der Waals surface area contributed by atoms with E-state index in [0.717, 1.165) is 28.8 Å². The SMILES string of the molecule is CCOc1cc(/C=C2\SC(=S)N(c3cccc(C(F)(F)F)c3)C2=O)cc(Br)c1OCc1ccc([N+](=O)[O-])cc1.